The third-order valence-corrected chi connectivity index (χ3v) is 3.38. The minimum Gasteiger partial charge on any atom is -0.389 e. The van der Waals surface area contributed by atoms with E-state index in [1.165, 1.54) is 0 Å². The van der Waals surface area contributed by atoms with Crippen LogP contribution in [0.5, 0.6) is 0 Å². The van der Waals surface area contributed by atoms with Crippen LogP contribution in [0.4, 0.5) is 0 Å². The van der Waals surface area contributed by atoms with Gasteiger partial charge in [-0.3, -0.25) is 4.90 Å². The standard InChI is InChI=1S/C13H28N2O2/c1-12(2)11-15(8-9-17-12)7-5-4-6-13(3,16)10-14/h16H,4-11,14H2,1-3H3. The molecule has 0 aromatic carbocycles. The van der Waals surface area contributed by atoms with Crippen LogP contribution in [0.2, 0.25) is 0 Å². The fourth-order valence-electron chi connectivity index (χ4n) is 2.25. The molecule has 0 radical (unpaired) electrons. The molecule has 0 aromatic heterocycles. The van der Waals surface area contributed by atoms with Gasteiger partial charge in [-0.2, -0.15) is 0 Å². The number of hydrogen-bond acceptors (Lipinski definition) is 4. The molecule has 1 unspecified atom stereocenters. The zero-order valence-electron chi connectivity index (χ0n) is 11.5. The molecule has 4 nitrogen and oxygen atoms in total. The van der Waals surface area contributed by atoms with Crippen molar-refractivity contribution in [1.29, 1.82) is 0 Å². The lowest BCUT2D eigenvalue weighted by atomic mass is 9.99. The Hall–Kier alpha value is -0.160. The highest BCUT2D eigenvalue weighted by atomic mass is 16.5. The van der Waals surface area contributed by atoms with E-state index in [-0.39, 0.29) is 5.60 Å². The Morgan fingerprint density at radius 1 is 1.41 bits per heavy atom. The molecule has 1 atom stereocenters. The summed E-state index contributed by atoms with van der Waals surface area (Å²) in [7, 11) is 0. The van der Waals surface area contributed by atoms with E-state index in [4.69, 9.17) is 10.5 Å². The van der Waals surface area contributed by atoms with Crippen molar-refractivity contribution in [3.05, 3.63) is 0 Å². The van der Waals surface area contributed by atoms with E-state index in [1.807, 2.05) is 6.92 Å². The Kier molecular flexibility index (Phi) is 5.38. The van der Waals surface area contributed by atoms with Gasteiger partial charge < -0.3 is 15.6 Å². The molecule has 4 heteroatoms. The lowest BCUT2D eigenvalue weighted by Crippen LogP contribution is -2.48. The molecule has 0 saturated carbocycles. The van der Waals surface area contributed by atoms with E-state index in [0.29, 0.717) is 6.54 Å². The molecular formula is C13H28N2O2. The fraction of sp³-hybridized carbons (Fsp3) is 1.00. The molecule has 0 bridgehead atoms. The number of rotatable bonds is 6. The molecule has 0 aromatic rings. The van der Waals surface area contributed by atoms with Crippen LogP contribution in [0.1, 0.15) is 40.0 Å². The second kappa shape index (κ2) is 6.14. The van der Waals surface area contributed by atoms with Crippen LogP contribution < -0.4 is 5.73 Å². The maximum absolute atomic E-state index is 9.78. The van der Waals surface area contributed by atoms with E-state index >= 15 is 0 Å². The van der Waals surface area contributed by atoms with Crippen molar-refractivity contribution >= 4 is 0 Å². The Morgan fingerprint density at radius 3 is 2.71 bits per heavy atom. The van der Waals surface area contributed by atoms with Crippen molar-refractivity contribution in [2.45, 2.75) is 51.2 Å². The average molecular weight is 244 g/mol. The highest BCUT2D eigenvalue weighted by Gasteiger charge is 2.26. The summed E-state index contributed by atoms with van der Waals surface area (Å²) in [5, 5.41) is 9.78. The summed E-state index contributed by atoms with van der Waals surface area (Å²) in [5.74, 6) is 0. The molecule has 102 valence electrons. The molecule has 3 N–H and O–H groups in total. The molecule has 1 aliphatic heterocycles. The van der Waals surface area contributed by atoms with Crippen molar-refractivity contribution in [3.63, 3.8) is 0 Å². The molecule has 0 amide bonds. The number of morpholine rings is 1. The van der Waals surface area contributed by atoms with Crippen molar-refractivity contribution < 1.29 is 9.84 Å². The topological polar surface area (TPSA) is 58.7 Å². The first-order valence-corrected chi connectivity index (χ1v) is 6.63. The van der Waals surface area contributed by atoms with Gasteiger partial charge in [0.25, 0.3) is 0 Å². The number of nitrogens with two attached hydrogens (primary N) is 1. The summed E-state index contributed by atoms with van der Waals surface area (Å²) < 4.78 is 5.68. The molecular weight excluding hydrogens is 216 g/mol. The summed E-state index contributed by atoms with van der Waals surface area (Å²) in [6.45, 7) is 10.4. The predicted molar refractivity (Wildman–Crippen MR) is 70.0 cm³/mol. The molecule has 1 aliphatic rings. The van der Waals surface area contributed by atoms with Gasteiger partial charge in [-0.05, 0) is 46.6 Å². The number of ether oxygens (including phenoxy) is 1. The fourth-order valence-corrected chi connectivity index (χ4v) is 2.25. The second-order valence-corrected chi connectivity index (χ2v) is 6.04. The van der Waals surface area contributed by atoms with E-state index < -0.39 is 5.60 Å². The van der Waals surface area contributed by atoms with E-state index in [0.717, 1.165) is 45.5 Å². The summed E-state index contributed by atoms with van der Waals surface area (Å²) >= 11 is 0. The molecule has 17 heavy (non-hydrogen) atoms. The average Bonchev–Trinajstić information content (AvgIpc) is 2.23. The maximum Gasteiger partial charge on any atom is 0.0753 e. The minimum atomic E-state index is -0.690. The van der Waals surface area contributed by atoms with E-state index in [9.17, 15) is 5.11 Å². The lowest BCUT2D eigenvalue weighted by molar-refractivity contribution is -0.0863. The smallest absolute Gasteiger partial charge is 0.0753 e. The minimum absolute atomic E-state index is 0.0129. The summed E-state index contributed by atoms with van der Waals surface area (Å²) in [6.07, 6.45) is 2.94. The zero-order valence-corrected chi connectivity index (χ0v) is 11.5. The van der Waals surface area contributed by atoms with Crippen molar-refractivity contribution in [1.82, 2.24) is 4.90 Å². The number of hydrogen-bond donors (Lipinski definition) is 2. The number of aliphatic hydroxyl groups is 1. The first-order valence-electron chi connectivity index (χ1n) is 6.63. The SMILES string of the molecule is CC(O)(CN)CCCCN1CCOC(C)(C)C1. The van der Waals surface area contributed by atoms with Gasteiger partial charge in [-0.15, -0.1) is 0 Å². The molecule has 1 fully saturated rings. The quantitative estimate of drug-likeness (QED) is 0.684. The first-order chi connectivity index (χ1) is 7.85. The van der Waals surface area contributed by atoms with Crippen LogP contribution in [-0.2, 0) is 4.74 Å². The van der Waals surface area contributed by atoms with Crippen molar-refractivity contribution in [2.24, 2.45) is 5.73 Å². The van der Waals surface area contributed by atoms with Crippen molar-refractivity contribution in [2.75, 3.05) is 32.8 Å². The van der Waals surface area contributed by atoms with Gasteiger partial charge in [0.2, 0.25) is 0 Å². The van der Waals surface area contributed by atoms with Gasteiger partial charge in [0.1, 0.15) is 0 Å². The maximum atomic E-state index is 9.78. The zero-order chi connectivity index (χ0) is 12.9. The predicted octanol–water partition coefficient (Wildman–Crippen LogP) is 0.977. The van der Waals surface area contributed by atoms with Gasteiger partial charge in [0.05, 0.1) is 17.8 Å². The van der Waals surface area contributed by atoms with Crippen LogP contribution in [0, 0.1) is 0 Å². The van der Waals surface area contributed by atoms with Gasteiger partial charge >= 0.3 is 0 Å². The summed E-state index contributed by atoms with van der Waals surface area (Å²) in [4.78, 5) is 2.45. The molecule has 1 rings (SSSR count). The normalized spacial score (nSPS) is 24.5. The van der Waals surface area contributed by atoms with Crippen LogP contribution in [0.15, 0.2) is 0 Å². The summed E-state index contributed by atoms with van der Waals surface area (Å²) in [6, 6.07) is 0. The Balaban J connectivity index is 2.15. The Bertz CT molecular complexity index is 229. The van der Waals surface area contributed by atoms with Gasteiger partial charge in [0.15, 0.2) is 0 Å². The second-order valence-electron chi connectivity index (χ2n) is 6.04. The van der Waals surface area contributed by atoms with Gasteiger partial charge in [-0.25, -0.2) is 0 Å². The van der Waals surface area contributed by atoms with Crippen LogP contribution in [0.3, 0.4) is 0 Å². The van der Waals surface area contributed by atoms with Crippen LogP contribution >= 0.6 is 0 Å². The third kappa shape index (κ3) is 5.82. The van der Waals surface area contributed by atoms with Gasteiger partial charge in [0, 0.05) is 19.6 Å². The van der Waals surface area contributed by atoms with E-state index in [2.05, 4.69) is 18.7 Å². The highest BCUT2D eigenvalue weighted by molar-refractivity contribution is 4.79. The molecule has 1 saturated heterocycles. The van der Waals surface area contributed by atoms with Crippen LogP contribution in [-0.4, -0.2) is 54.0 Å². The Labute approximate surface area is 105 Å². The van der Waals surface area contributed by atoms with E-state index in [1.54, 1.807) is 0 Å². The van der Waals surface area contributed by atoms with Crippen LogP contribution in [0.25, 0.3) is 0 Å². The number of unbranched alkanes of at least 4 members (excludes halogenated alkanes) is 1. The molecule has 1 heterocycles. The summed E-state index contributed by atoms with van der Waals surface area (Å²) in [5.41, 5.74) is 4.79. The lowest BCUT2D eigenvalue weighted by Gasteiger charge is -2.38. The largest absolute Gasteiger partial charge is 0.389 e. The first kappa shape index (κ1) is 14.9. The monoisotopic (exact) mass is 244 g/mol. The highest BCUT2D eigenvalue weighted by Crippen LogP contribution is 2.17. The van der Waals surface area contributed by atoms with Crippen molar-refractivity contribution in [3.8, 4) is 0 Å². The molecule has 0 aliphatic carbocycles. The molecule has 0 spiro atoms. The number of nitrogens with zero attached hydrogens (tertiary/aromatic N) is 1. The third-order valence-electron chi connectivity index (χ3n) is 3.38. The van der Waals surface area contributed by atoms with Gasteiger partial charge in [-0.1, -0.05) is 0 Å². The Morgan fingerprint density at radius 2 is 2.12 bits per heavy atom.